The summed E-state index contributed by atoms with van der Waals surface area (Å²) in [5, 5.41) is 7.37. The van der Waals surface area contributed by atoms with Crippen molar-refractivity contribution in [2.45, 2.75) is 6.42 Å². The van der Waals surface area contributed by atoms with Gasteiger partial charge < -0.3 is 4.74 Å². The van der Waals surface area contributed by atoms with Crippen LogP contribution in [0.25, 0.3) is 11.3 Å². The number of hydrogen-bond donors (Lipinski definition) is 1. The maximum Gasteiger partial charge on any atom is 0.203 e. The lowest BCUT2D eigenvalue weighted by molar-refractivity contribution is 0.320. The molecule has 3 aromatic rings. The molecule has 0 spiro atoms. The fraction of sp³-hybridized carbons (Fsp3) is 0.111. The average molecular weight is 321 g/mol. The molecule has 4 nitrogen and oxygen atoms in total. The molecule has 1 aromatic heterocycles. The number of aromatic nitrogens is 1. The first-order valence-electron chi connectivity index (χ1n) is 7.46. The Hall–Kier alpha value is -2.66. The van der Waals surface area contributed by atoms with Gasteiger partial charge >= 0.3 is 0 Å². The van der Waals surface area contributed by atoms with Crippen LogP contribution in [0.15, 0.2) is 65.1 Å². The molecule has 1 aliphatic heterocycles. The lowest BCUT2D eigenvalue weighted by Crippen LogP contribution is -2.17. The Bertz CT molecular complexity index is 842. The van der Waals surface area contributed by atoms with E-state index in [9.17, 15) is 0 Å². The fourth-order valence-electron chi connectivity index (χ4n) is 2.52. The van der Waals surface area contributed by atoms with Crippen LogP contribution in [0, 0.1) is 0 Å². The topological polar surface area (TPSA) is 46.5 Å². The Kier molecular flexibility index (Phi) is 3.78. The van der Waals surface area contributed by atoms with Gasteiger partial charge in [-0.1, -0.05) is 42.5 Å². The van der Waals surface area contributed by atoms with Crippen molar-refractivity contribution in [2.24, 2.45) is 5.10 Å². The summed E-state index contributed by atoms with van der Waals surface area (Å²) in [6.07, 6.45) is 0.793. The molecule has 114 valence electrons. The molecular formula is C18H15N3OS. The second-order valence-corrected chi connectivity index (χ2v) is 6.03. The summed E-state index contributed by atoms with van der Waals surface area (Å²) in [5.74, 6) is 0.892. The van der Waals surface area contributed by atoms with E-state index in [-0.39, 0.29) is 0 Å². The molecule has 0 saturated heterocycles. The molecule has 5 heteroatoms. The normalized spacial score (nSPS) is 15.0. The molecule has 0 radical (unpaired) electrons. The maximum absolute atomic E-state index is 5.65. The van der Waals surface area contributed by atoms with Crippen LogP contribution in [0.5, 0.6) is 5.75 Å². The molecule has 2 aromatic carbocycles. The van der Waals surface area contributed by atoms with E-state index in [0.29, 0.717) is 6.61 Å². The number of rotatable bonds is 3. The van der Waals surface area contributed by atoms with Gasteiger partial charge in [-0.15, -0.1) is 11.3 Å². The Morgan fingerprint density at radius 2 is 1.87 bits per heavy atom. The van der Waals surface area contributed by atoms with Gasteiger partial charge in [-0.25, -0.2) is 4.98 Å². The van der Waals surface area contributed by atoms with Gasteiger partial charge in [0.25, 0.3) is 0 Å². The molecule has 0 amide bonds. The van der Waals surface area contributed by atoms with Crippen LogP contribution in [-0.4, -0.2) is 17.3 Å². The largest absolute Gasteiger partial charge is 0.492 e. The number of hydrogen-bond acceptors (Lipinski definition) is 5. The number of nitrogens with one attached hydrogen (secondary N) is 1. The van der Waals surface area contributed by atoms with Gasteiger partial charge in [0.2, 0.25) is 5.13 Å². The number of anilines is 1. The first-order valence-corrected chi connectivity index (χ1v) is 8.34. The molecule has 4 rings (SSSR count). The van der Waals surface area contributed by atoms with E-state index >= 15 is 0 Å². The van der Waals surface area contributed by atoms with Gasteiger partial charge in [0.15, 0.2) is 0 Å². The summed E-state index contributed by atoms with van der Waals surface area (Å²) >= 11 is 1.55. The first kappa shape index (κ1) is 14.0. The van der Waals surface area contributed by atoms with Gasteiger partial charge in [-0.2, -0.15) is 5.10 Å². The van der Waals surface area contributed by atoms with E-state index in [1.54, 1.807) is 11.3 Å². The van der Waals surface area contributed by atoms with Crippen LogP contribution in [0.1, 0.15) is 12.0 Å². The average Bonchev–Trinajstić information content (AvgIpc) is 3.10. The van der Waals surface area contributed by atoms with Crippen molar-refractivity contribution in [1.82, 2.24) is 4.98 Å². The SMILES string of the molecule is c1ccc(-c2csc(N/N=C3\CCOc4ccccc43)n2)cc1. The van der Waals surface area contributed by atoms with Crippen LogP contribution in [0.3, 0.4) is 0 Å². The highest BCUT2D eigenvalue weighted by Crippen LogP contribution is 2.26. The van der Waals surface area contributed by atoms with E-state index in [2.05, 4.69) is 27.6 Å². The van der Waals surface area contributed by atoms with Crippen molar-refractivity contribution >= 4 is 22.2 Å². The summed E-state index contributed by atoms with van der Waals surface area (Å²) in [7, 11) is 0. The number of fused-ring (bicyclic) bond motifs is 1. The molecule has 0 unspecified atom stereocenters. The highest BCUT2D eigenvalue weighted by atomic mass is 32.1. The van der Waals surface area contributed by atoms with Crippen molar-refractivity contribution in [3.63, 3.8) is 0 Å². The number of benzene rings is 2. The highest BCUT2D eigenvalue weighted by molar-refractivity contribution is 7.14. The second kappa shape index (κ2) is 6.22. The number of thiazole rings is 1. The molecule has 23 heavy (non-hydrogen) atoms. The smallest absolute Gasteiger partial charge is 0.203 e. The van der Waals surface area contributed by atoms with Crippen molar-refractivity contribution < 1.29 is 4.74 Å². The zero-order valence-electron chi connectivity index (χ0n) is 12.4. The van der Waals surface area contributed by atoms with E-state index in [4.69, 9.17) is 4.74 Å². The summed E-state index contributed by atoms with van der Waals surface area (Å²) in [6.45, 7) is 0.657. The van der Waals surface area contributed by atoms with Gasteiger partial charge in [0, 0.05) is 22.9 Å². The quantitative estimate of drug-likeness (QED) is 0.727. The molecule has 2 heterocycles. The highest BCUT2D eigenvalue weighted by Gasteiger charge is 2.16. The fourth-order valence-corrected chi connectivity index (χ4v) is 3.18. The zero-order chi connectivity index (χ0) is 15.5. The third-order valence-electron chi connectivity index (χ3n) is 3.65. The predicted molar refractivity (Wildman–Crippen MR) is 94.3 cm³/mol. The Balaban J connectivity index is 1.55. The van der Waals surface area contributed by atoms with Crippen LogP contribution in [0.2, 0.25) is 0 Å². The van der Waals surface area contributed by atoms with Gasteiger partial charge in [0.05, 0.1) is 18.0 Å². The molecule has 1 N–H and O–H groups in total. The van der Waals surface area contributed by atoms with Crippen LogP contribution in [0.4, 0.5) is 5.13 Å². The number of ether oxygens (including phenoxy) is 1. The third-order valence-corrected chi connectivity index (χ3v) is 4.40. The van der Waals surface area contributed by atoms with Gasteiger partial charge in [0.1, 0.15) is 5.75 Å². The molecule has 0 fully saturated rings. The lowest BCUT2D eigenvalue weighted by atomic mass is 10.0. The van der Waals surface area contributed by atoms with E-state index in [1.807, 2.05) is 47.8 Å². The Labute approximate surface area is 138 Å². The monoisotopic (exact) mass is 321 g/mol. The number of hydrazone groups is 1. The van der Waals surface area contributed by atoms with Crippen molar-refractivity contribution in [3.8, 4) is 17.0 Å². The minimum atomic E-state index is 0.657. The van der Waals surface area contributed by atoms with Crippen LogP contribution in [-0.2, 0) is 0 Å². The summed E-state index contributed by atoms with van der Waals surface area (Å²) in [5.41, 5.74) is 7.21. The summed E-state index contributed by atoms with van der Waals surface area (Å²) in [4.78, 5) is 4.59. The standard InChI is InChI=1S/C18H15N3OS/c1-2-6-13(7-3-1)16-12-23-18(19-16)21-20-15-10-11-22-17-9-5-4-8-14(15)17/h1-9,12H,10-11H2,(H,19,21)/b20-15+. The van der Waals surface area contributed by atoms with Crippen LogP contribution >= 0.6 is 11.3 Å². The maximum atomic E-state index is 5.65. The minimum Gasteiger partial charge on any atom is -0.492 e. The van der Waals surface area contributed by atoms with Gasteiger partial charge in [-0.05, 0) is 12.1 Å². The van der Waals surface area contributed by atoms with Gasteiger partial charge in [-0.3, -0.25) is 5.43 Å². The number of para-hydroxylation sites is 1. The number of nitrogens with zero attached hydrogens (tertiary/aromatic N) is 2. The van der Waals surface area contributed by atoms with Crippen molar-refractivity contribution in [1.29, 1.82) is 0 Å². The molecule has 0 saturated carbocycles. The minimum absolute atomic E-state index is 0.657. The van der Waals surface area contributed by atoms with Crippen LogP contribution < -0.4 is 10.2 Å². The molecule has 1 aliphatic rings. The lowest BCUT2D eigenvalue weighted by Gasteiger charge is -2.18. The predicted octanol–water partition coefficient (Wildman–Crippen LogP) is 4.41. The van der Waals surface area contributed by atoms with Crippen molar-refractivity contribution in [2.75, 3.05) is 12.0 Å². The second-order valence-electron chi connectivity index (χ2n) is 5.17. The van der Waals surface area contributed by atoms with Crippen molar-refractivity contribution in [3.05, 3.63) is 65.5 Å². The van der Waals surface area contributed by atoms with E-state index < -0.39 is 0 Å². The van der Waals surface area contributed by atoms with E-state index in [0.717, 1.165) is 39.8 Å². The summed E-state index contributed by atoms with van der Waals surface area (Å²) < 4.78 is 5.65. The molecule has 0 bridgehead atoms. The van der Waals surface area contributed by atoms with E-state index in [1.165, 1.54) is 0 Å². The molecule has 0 aliphatic carbocycles. The third kappa shape index (κ3) is 2.96. The Morgan fingerprint density at radius 1 is 1.04 bits per heavy atom. The summed E-state index contributed by atoms with van der Waals surface area (Å²) in [6, 6.07) is 18.1. The first-order chi connectivity index (χ1) is 11.4. The zero-order valence-corrected chi connectivity index (χ0v) is 13.2. The molecule has 0 atom stereocenters. The molecular weight excluding hydrogens is 306 g/mol. The Morgan fingerprint density at radius 3 is 2.78 bits per heavy atom.